The molecule has 0 radical (unpaired) electrons. The van der Waals surface area contributed by atoms with Gasteiger partial charge in [0.25, 0.3) is 5.91 Å². The Labute approximate surface area is 213 Å². The highest BCUT2D eigenvalue weighted by Crippen LogP contribution is 2.37. The fraction of sp³-hybridized carbons (Fsp3) is 0.333. The van der Waals surface area contributed by atoms with Gasteiger partial charge in [-0.15, -0.1) is 10.2 Å². The summed E-state index contributed by atoms with van der Waals surface area (Å²) in [6.07, 6.45) is 1.50. The third-order valence-corrected chi connectivity index (χ3v) is 6.06. The Morgan fingerprint density at radius 3 is 2.19 bits per heavy atom. The van der Waals surface area contributed by atoms with E-state index in [2.05, 4.69) is 20.7 Å². The number of benzene rings is 2. The molecular formula is C24H29N5O6S. The van der Waals surface area contributed by atoms with Crippen LogP contribution in [-0.4, -0.2) is 68.2 Å². The van der Waals surface area contributed by atoms with Crippen molar-refractivity contribution in [2.75, 3.05) is 41.3 Å². The van der Waals surface area contributed by atoms with E-state index in [0.29, 0.717) is 51.8 Å². The van der Waals surface area contributed by atoms with Gasteiger partial charge in [0, 0.05) is 17.7 Å². The topological polar surface area (TPSA) is 118 Å². The van der Waals surface area contributed by atoms with Gasteiger partial charge in [0.05, 0.1) is 47.5 Å². The highest BCUT2D eigenvalue weighted by atomic mass is 32.2. The van der Waals surface area contributed by atoms with E-state index in [1.807, 2.05) is 29.7 Å². The molecule has 1 amide bonds. The van der Waals surface area contributed by atoms with Crippen LogP contribution in [0.5, 0.6) is 28.7 Å². The minimum atomic E-state index is -0.290. The van der Waals surface area contributed by atoms with Crippen molar-refractivity contribution in [2.45, 2.75) is 18.6 Å². The molecule has 0 aliphatic rings. The number of hydrogen-bond donors (Lipinski definition) is 1. The highest BCUT2D eigenvalue weighted by Gasteiger charge is 2.17. The summed E-state index contributed by atoms with van der Waals surface area (Å²) in [6, 6.07) is 9.00. The van der Waals surface area contributed by atoms with Crippen molar-refractivity contribution in [3.63, 3.8) is 0 Å². The Hall–Kier alpha value is -3.93. The first-order valence-electron chi connectivity index (χ1n) is 10.9. The molecule has 0 bridgehead atoms. The lowest BCUT2D eigenvalue weighted by atomic mass is 10.2. The maximum atomic E-state index is 12.4. The van der Waals surface area contributed by atoms with Crippen LogP contribution >= 0.6 is 11.8 Å². The molecular weight excluding hydrogens is 486 g/mol. The van der Waals surface area contributed by atoms with Crippen molar-refractivity contribution >= 4 is 23.9 Å². The zero-order valence-electron chi connectivity index (χ0n) is 21.0. The van der Waals surface area contributed by atoms with Gasteiger partial charge < -0.3 is 28.3 Å². The van der Waals surface area contributed by atoms with E-state index in [1.54, 1.807) is 26.4 Å². The Morgan fingerprint density at radius 2 is 1.61 bits per heavy atom. The van der Waals surface area contributed by atoms with Crippen LogP contribution < -0.4 is 29.1 Å². The first kappa shape index (κ1) is 26.7. The minimum absolute atomic E-state index is 0.108. The highest BCUT2D eigenvalue weighted by molar-refractivity contribution is 7.99. The molecule has 0 saturated carbocycles. The van der Waals surface area contributed by atoms with Gasteiger partial charge in [0.15, 0.2) is 34.0 Å². The number of aromatic nitrogens is 3. The van der Waals surface area contributed by atoms with Crippen molar-refractivity contribution in [2.24, 2.45) is 5.10 Å². The predicted octanol–water partition coefficient (Wildman–Crippen LogP) is 3.25. The second-order valence-electron chi connectivity index (χ2n) is 7.16. The zero-order valence-corrected chi connectivity index (χ0v) is 21.8. The van der Waals surface area contributed by atoms with Crippen molar-refractivity contribution in [3.8, 4) is 40.1 Å². The fourth-order valence-corrected chi connectivity index (χ4v) is 4.18. The van der Waals surface area contributed by atoms with Crippen LogP contribution in [0.1, 0.15) is 12.5 Å². The average Bonchev–Trinajstić information content (AvgIpc) is 3.33. The number of nitrogens with zero attached hydrogens (tertiary/aromatic N) is 4. The number of nitrogens with one attached hydrogen (secondary N) is 1. The fourth-order valence-electron chi connectivity index (χ4n) is 3.39. The molecule has 11 nitrogen and oxygen atoms in total. The number of thioether (sulfide) groups is 1. The summed E-state index contributed by atoms with van der Waals surface area (Å²) in [5, 5.41) is 13.2. The number of amides is 1. The number of carbonyl (C=O) groups is 1. The van der Waals surface area contributed by atoms with Gasteiger partial charge in [-0.2, -0.15) is 5.10 Å². The number of carbonyl (C=O) groups excluding carboxylic acids is 1. The number of rotatable bonds is 12. The molecule has 0 fully saturated rings. The maximum absolute atomic E-state index is 12.4. The summed E-state index contributed by atoms with van der Waals surface area (Å²) in [5.41, 5.74) is 4.01. The SMILES string of the molecule is CCn1c(SCC(=O)N/N=C\c2cc(OC)c(OC)c(OC)c2)nnc1-c1ccc(OC)c(OC)c1. The molecule has 3 aromatic rings. The monoisotopic (exact) mass is 515 g/mol. The van der Waals surface area contributed by atoms with Gasteiger partial charge >= 0.3 is 0 Å². The van der Waals surface area contributed by atoms with Crippen molar-refractivity contribution in [1.29, 1.82) is 0 Å². The number of ether oxygens (including phenoxy) is 5. The van der Waals surface area contributed by atoms with Gasteiger partial charge in [-0.1, -0.05) is 11.8 Å². The van der Waals surface area contributed by atoms with Gasteiger partial charge in [0.2, 0.25) is 5.75 Å². The van der Waals surface area contributed by atoms with E-state index in [9.17, 15) is 4.79 Å². The van der Waals surface area contributed by atoms with Crippen LogP contribution in [0.2, 0.25) is 0 Å². The molecule has 0 saturated heterocycles. The third kappa shape index (κ3) is 6.00. The molecule has 0 atom stereocenters. The van der Waals surface area contributed by atoms with Crippen molar-refractivity contribution in [1.82, 2.24) is 20.2 Å². The number of hydrazone groups is 1. The van der Waals surface area contributed by atoms with Crippen LogP contribution in [0.3, 0.4) is 0 Å². The minimum Gasteiger partial charge on any atom is -0.493 e. The Morgan fingerprint density at radius 1 is 0.944 bits per heavy atom. The molecule has 1 N–H and O–H groups in total. The zero-order chi connectivity index (χ0) is 26.1. The smallest absolute Gasteiger partial charge is 0.250 e. The standard InChI is InChI=1S/C24H29N5O6S/c1-7-29-23(16-8-9-17(31-2)18(12-16)32-3)27-28-24(29)36-14-21(30)26-25-13-15-10-19(33-4)22(35-6)20(11-15)34-5/h8-13H,7,14H2,1-6H3,(H,26,30)/b25-13-. The summed E-state index contributed by atoms with van der Waals surface area (Å²) in [6.45, 7) is 2.61. The second-order valence-corrected chi connectivity index (χ2v) is 8.10. The lowest BCUT2D eigenvalue weighted by Crippen LogP contribution is -2.20. The van der Waals surface area contributed by atoms with Crippen LogP contribution in [0.15, 0.2) is 40.6 Å². The quantitative estimate of drug-likeness (QED) is 0.220. The third-order valence-electron chi connectivity index (χ3n) is 5.10. The van der Waals surface area contributed by atoms with E-state index in [1.165, 1.54) is 39.3 Å². The van der Waals surface area contributed by atoms with E-state index in [0.717, 1.165) is 5.56 Å². The van der Waals surface area contributed by atoms with Gasteiger partial charge in [0.1, 0.15) is 0 Å². The number of methoxy groups -OCH3 is 5. The van der Waals surface area contributed by atoms with Gasteiger partial charge in [-0.25, -0.2) is 5.43 Å². The first-order chi connectivity index (χ1) is 17.5. The average molecular weight is 516 g/mol. The Balaban J connectivity index is 1.66. The molecule has 3 rings (SSSR count). The van der Waals surface area contributed by atoms with E-state index >= 15 is 0 Å². The lowest BCUT2D eigenvalue weighted by Gasteiger charge is -2.12. The summed E-state index contributed by atoms with van der Waals surface area (Å²) in [4.78, 5) is 12.4. The molecule has 1 aromatic heterocycles. The molecule has 0 aliphatic heterocycles. The molecule has 2 aromatic carbocycles. The number of hydrogen-bond acceptors (Lipinski definition) is 10. The van der Waals surface area contributed by atoms with Crippen molar-refractivity contribution in [3.05, 3.63) is 35.9 Å². The summed E-state index contributed by atoms with van der Waals surface area (Å²) in [5.74, 6) is 3.17. The largest absolute Gasteiger partial charge is 0.493 e. The molecule has 0 unspecified atom stereocenters. The van der Waals surface area contributed by atoms with Gasteiger partial charge in [-0.05, 0) is 37.3 Å². The molecule has 12 heteroatoms. The first-order valence-corrected chi connectivity index (χ1v) is 11.9. The van der Waals surface area contributed by atoms with E-state index in [4.69, 9.17) is 23.7 Å². The van der Waals surface area contributed by atoms with E-state index in [-0.39, 0.29) is 11.7 Å². The van der Waals surface area contributed by atoms with E-state index < -0.39 is 0 Å². The molecule has 1 heterocycles. The Bertz CT molecular complexity index is 1200. The van der Waals surface area contributed by atoms with Crippen molar-refractivity contribution < 1.29 is 28.5 Å². The van der Waals surface area contributed by atoms with Crippen LogP contribution in [0, 0.1) is 0 Å². The van der Waals surface area contributed by atoms with Gasteiger partial charge in [-0.3, -0.25) is 4.79 Å². The van der Waals surface area contributed by atoms with Crippen LogP contribution in [0.25, 0.3) is 11.4 Å². The molecule has 36 heavy (non-hydrogen) atoms. The Kier molecular flexibility index (Phi) is 9.39. The molecule has 0 spiro atoms. The molecule has 192 valence electrons. The second kappa shape index (κ2) is 12.7. The molecule has 0 aliphatic carbocycles. The summed E-state index contributed by atoms with van der Waals surface area (Å²) in [7, 11) is 7.75. The normalized spacial score (nSPS) is 10.8. The lowest BCUT2D eigenvalue weighted by molar-refractivity contribution is -0.118. The predicted molar refractivity (Wildman–Crippen MR) is 137 cm³/mol. The summed E-state index contributed by atoms with van der Waals surface area (Å²) >= 11 is 1.27. The maximum Gasteiger partial charge on any atom is 0.250 e. The van der Waals surface area contributed by atoms with Crippen LogP contribution in [-0.2, 0) is 11.3 Å². The summed E-state index contributed by atoms with van der Waals surface area (Å²) < 4.78 is 28.6. The van der Waals surface area contributed by atoms with Crippen LogP contribution in [0.4, 0.5) is 0 Å².